The summed E-state index contributed by atoms with van der Waals surface area (Å²) in [5, 5.41) is 11.5. The molecule has 0 radical (unpaired) electrons. The standard InChI is InChI=1S/C62H96N8O14/c1-39(2)29-35-69(57(75)83-61(11,12)13)53(67-55(73)81-59(5,6)7)65-33-23-21-31-63-51(71)49-47(41-25-27-43(77-17)45(37-41)79-19)48(42-26-28-44(78-18)46(38-42)80-20)50(49)52(72)64-32-22-24-34-66-54(68-56(74)82-60(8,9)10)70(36-30-40(3)4)58(76)84-62(14,15)16/h25-30,37-38,47-50H,21-24,31-36H2,1-20H3,(H,63,71)(H,64,72)(H,65,67,73)(H,66,68,74)/t47-,48+,49+,50-. The molecule has 22 heteroatoms. The Morgan fingerprint density at radius 1 is 0.476 bits per heavy atom. The first-order chi connectivity index (χ1) is 39.1. The van der Waals surface area contributed by atoms with Crippen LogP contribution in [0.25, 0.3) is 0 Å². The van der Waals surface area contributed by atoms with Crippen molar-refractivity contribution in [3.05, 3.63) is 70.8 Å². The third kappa shape index (κ3) is 23.6. The molecule has 0 aromatic heterocycles. The first-order valence-corrected chi connectivity index (χ1v) is 28.5. The first kappa shape index (κ1) is 70.7. The highest BCUT2D eigenvalue weighted by Gasteiger charge is 2.58. The van der Waals surface area contributed by atoms with Gasteiger partial charge < -0.3 is 48.5 Å². The van der Waals surface area contributed by atoms with Crippen molar-refractivity contribution in [3.8, 4) is 23.0 Å². The van der Waals surface area contributed by atoms with Gasteiger partial charge in [0.15, 0.2) is 23.0 Å². The van der Waals surface area contributed by atoms with Gasteiger partial charge in [-0.25, -0.2) is 29.0 Å². The minimum Gasteiger partial charge on any atom is -0.493 e. The minimum atomic E-state index is -0.882. The molecule has 22 nitrogen and oxygen atoms in total. The minimum absolute atomic E-state index is 0.0570. The highest BCUT2D eigenvalue weighted by atomic mass is 16.6. The van der Waals surface area contributed by atoms with E-state index in [2.05, 4.69) is 31.3 Å². The molecule has 0 unspecified atom stereocenters. The van der Waals surface area contributed by atoms with E-state index in [0.29, 0.717) is 48.7 Å². The Bertz CT molecular complexity index is 2500. The molecule has 0 spiro atoms. The average Bonchev–Trinajstić information content (AvgIpc) is 1.09. The Balaban J connectivity index is 2.01. The molecular formula is C62H96N8O14. The summed E-state index contributed by atoms with van der Waals surface area (Å²) in [4.78, 5) is 94.9. The van der Waals surface area contributed by atoms with Gasteiger partial charge in [0.2, 0.25) is 23.7 Å². The zero-order valence-corrected chi connectivity index (χ0v) is 53.5. The lowest BCUT2D eigenvalue weighted by molar-refractivity contribution is -0.144. The van der Waals surface area contributed by atoms with Crippen molar-refractivity contribution in [1.29, 1.82) is 0 Å². The van der Waals surface area contributed by atoms with Crippen LogP contribution >= 0.6 is 0 Å². The maximum Gasteiger partial charge on any atom is 0.417 e. The normalized spacial score (nSPS) is 16.3. The second-order valence-corrected chi connectivity index (χ2v) is 24.7. The van der Waals surface area contributed by atoms with E-state index in [1.807, 2.05) is 64.1 Å². The third-order valence-electron chi connectivity index (χ3n) is 12.4. The number of unbranched alkanes of at least 4 members (excludes halogenated alkanes) is 2. The molecule has 1 fully saturated rings. The smallest absolute Gasteiger partial charge is 0.417 e. The summed E-state index contributed by atoms with van der Waals surface area (Å²) in [7, 11) is 6.12. The van der Waals surface area contributed by atoms with Gasteiger partial charge in [-0.1, -0.05) is 35.4 Å². The Kier molecular flexibility index (Phi) is 26.9. The van der Waals surface area contributed by atoms with E-state index >= 15 is 0 Å². The van der Waals surface area contributed by atoms with E-state index in [-0.39, 0.29) is 63.0 Å². The molecule has 0 bridgehead atoms. The van der Waals surface area contributed by atoms with Gasteiger partial charge in [0.05, 0.1) is 53.4 Å². The van der Waals surface area contributed by atoms with Crippen LogP contribution in [-0.4, -0.2) is 148 Å². The number of allylic oxidation sites excluding steroid dienone is 2. The predicted octanol–water partition coefficient (Wildman–Crippen LogP) is 10.8. The quantitative estimate of drug-likeness (QED) is 0.0281. The van der Waals surface area contributed by atoms with Crippen molar-refractivity contribution < 1.29 is 66.7 Å². The van der Waals surface area contributed by atoms with Crippen molar-refractivity contribution in [1.82, 2.24) is 31.1 Å². The van der Waals surface area contributed by atoms with Crippen LogP contribution in [0.5, 0.6) is 23.0 Å². The van der Waals surface area contributed by atoms with Crippen molar-refractivity contribution in [2.45, 2.75) is 171 Å². The van der Waals surface area contributed by atoms with E-state index in [4.69, 9.17) is 37.9 Å². The van der Waals surface area contributed by atoms with Crippen molar-refractivity contribution in [3.63, 3.8) is 0 Å². The van der Waals surface area contributed by atoms with Crippen LogP contribution in [0, 0.1) is 11.8 Å². The Morgan fingerprint density at radius 2 is 0.798 bits per heavy atom. The van der Waals surface area contributed by atoms with Crippen LogP contribution in [0.1, 0.15) is 159 Å². The number of aliphatic imine (C=N–C) groups is 2. The number of hydrogen-bond donors (Lipinski definition) is 4. The number of carbonyl (C=O) groups excluding carboxylic acids is 6. The third-order valence-corrected chi connectivity index (χ3v) is 12.4. The fourth-order valence-electron chi connectivity index (χ4n) is 8.70. The highest BCUT2D eigenvalue weighted by Crippen LogP contribution is 2.59. The number of nitrogens with one attached hydrogen (secondary N) is 4. The second kappa shape index (κ2) is 31.9. The fraction of sp³-hybridized carbons (Fsp3) is 0.613. The molecule has 1 aliphatic carbocycles. The number of benzene rings is 2. The van der Waals surface area contributed by atoms with Gasteiger partial charge >= 0.3 is 24.4 Å². The molecule has 3 rings (SSSR count). The van der Waals surface area contributed by atoms with E-state index in [0.717, 1.165) is 22.3 Å². The first-order valence-electron chi connectivity index (χ1n) is 28.5. The van der Waals surface area contributed by atoms with Gasteiger partial charge in [-0.15, -0.1) is 0 Å². The zero-order valence-electron chi connectivity index (χ0n) is 53.5. The van der Waals surface area contributed by atoms with E-state index in [1.165, 1.54) is 38.2 Å². The molecule has 6 amide bonds. The summed E-state index contributed by atoms with van der Waals surface area (Å²) in [5.41, 5.74) is -0.0462. The summed E-state index contributed by atoms with van der Waals surface area (Å²) >= 11 is 0. The topological polar surface area (TPSA) is 256 Å². The van der Waals surface area contributed by atoms with Gasteiger partial charge in [0.25, 0.3) is 0 Å². The summed E-state index contributed by atoms with van der Waals surface area (Å²) < 4.78 is 45.1. The van der Waals surface area contributed by atoms with Gasteiger partial charge in [-0.2, -0.15) is 0 Å². The molecule has 1 saturated carbocycles. The Morgan fingerprint density at radius 3 is 1.08 bits per heavy atom. The molecule has 4 atom stereocenters. The predicted molar refractivity (Wildman–Crippen MR) is 324 cm³/mol. The molecule has 2 aromatic carbocycles. The van der Waals surface area contributed by atoms with E-state index in [9.17, 15) is 28.8 Å². The molecule has 0 saturated heterocycles. The van der Waals surface area contributed by atoms with Gasteiger partial charge in [0, 0.05) is 38.0 Å². The van der Waals surface area contributed by atoms with Crippen LogP contribution in [0.3, 0.4) is 0 Å². The van der Waals surface area contributed by atoms with Crippen LogP contribution in [0.2, 0.25) is 0 Å². The summed E-state index contributed by atoms with van der Waals surface area (Å²) in [5.74, 6) is -1.84. The molecule has 1 aliphatic rings. The van der Waals surface area contributed by atoms with Crippen molar-refractivity contribution in [2.75, 3.05) is 67.7 Å². The largest absolute Gasteiger partial charge is 0.493 e. The molecular weight excluding hydrogens is 1080 g/mol. The van der Waals surface area contributed by atoms with Crippen LogP contribution in [0.4, 0.5) is 19.2 Å². The second-order valence-electron chi connectivity index (χ2n) is 24.7. The lowest BCUT2D eigenvalue weighted by Gasteiger charge is -2.51. The lowest BCUT2D eigenvalue weighted by Crippen LogP contribution is -2.57. The lowest BCUT2D eigenvalue weighted by atomic mass is 9.51. The van der Waals surface area contributed by atoms with Crippen molar-refractivity contribution in [2.24, 2.45) is 21.8 Å². The summed E-state index contributed by atoms with van der Waals surface area (Å²) in [6.07, 6.45) is 2.27. The fourth-order valence-corrected chi connectivity index (χ4v) is 8.70. The van der Waals surface area contributed by atoms with Crippen LogP contribution < -0.4 is 40.2 Å². The number of carbonyl (C=O) groups is 6. The molecule has 0 heterocycles. The number of rotatable bonds is 22. The van der Waals surface area contributed by atoms with Gasteiger partial charge in [-0.05, 0) is 172 Å². The zero-order chi connectivity index (χ0) is 63.3. The number of nitrogens with zero attached hydrogens (tertiary/aromatic N) is 4. The van der Waals surface area contributed by atoms with Gasteiger partial charge in [0.1, 0.15) is 22.4 Å². The summed E-state index contributed by atoms with van der Waals surface area (Å²) in [6, 6.07) is 10.9. The van der Waals surface area contributed by atoms with E-state index < -0.39 is 70.4 Å². The maximum absolute atomic E-state index is 14.8. The van der Waals surface area contributed by atoms with Crippen LogP contribution in [-0.2, 0) is 28.5 Å². The van der Waals surface area contributed by atoms with Crippen LogP contribution in [0.15, 0.2) is 69.7 Å². The summed E-state index contributed by atoms with van der Waals surface area (Å²) in [6.45, 7) is 29.1. The molecule has 84 heavy (non-hydrogen) atoms. The van der Waals surface area contributed by atoms with Crippen molar-refractivity contribution >= 4 is 48.1 Å². The number of methoxy groups -OCH3 is 4. The number of hydrogen-bond acceptors (Lipinski definition) is 16. The molecule has 468 valence electrons. The SMILES string of the molecule is COc1ccc([C@@H]2[C@@H](C(=O)NCCCCN=C(NC(=O)OC(C)(C)C)N(CC=C(C)C)C(=O)OC(C)(C)C)[C@@H](C(=O)NCCCCN=C(NC(=O)OC(C)(C)C)N(CC=C(C)C)C(=O)OC(C)(C)C)[C@@H]2c2ccc(OC)c(OC)c2)cc1OC. The molecule has 2 aromatic rings. The number of amides is 6. The Labute approximate surface area is 498 Å². The highest BCUT2D eigenvalue weighted by molar-refractivity contribution is 6.02. The number of ether oxygens (including phenoxy) is 8. The van der Waals surface area contributed by atoms with Gasteiger partial charge in [-0.3, -0.25) is 30.2 Å². The molecule has 0 aliphatic heterocycles. The average molecular weight is 1180 g/mol. The van der Waals surface area contributed by atoms with E-state index in [1.54, 1.807) is 95.2 Å². The molecule has 4 N–H and O–H groups in total. The number of alkyl carbamates (subject to hydrolysis) is 2. The monoisotopic (exact) mass is 1180 g/mol. The number of guanidine groups is 2. The Hall–Kier alpha value is -7.52. The maximum atomic E-state index is 14.8.